The van der Waals surface area contributed by atoms with Gasteiger partial charge in [-0.15, -0.1) is 0 Å². The van der Waals surface area contributed by atoms with Crippen LogP contribution in [0.5, 0.6) is 0 Å². The lowest BCUT2D eigenvalue weighted by Crippen LogP contribution is -2.32. The molecule has 74 valence electrons. The summed E-state index contributed by atoms with van der Waals surface area (Å²) < 4.78 is 9.92. The Kier molecular flexibility index (Phi) is 3.24. The summed E-state index contributed by atoms with van der Waals surface area (Å²) in [6.07, 6.45) is 0.0864. The minimum atomic E-state index is -0.776. The number of nitrogens with one attached hydrogen (secondary N) is 1. The molecule has 1 amide bonds. The molecule has 2 atom stereocenters. The van der Waals surface area contributed by atoms with Crippen molar-refractivity contribution in [1.29, 1.82) is 0 Å². The van der Waals surface area contributed by atoms with Crippen LogP contribution in [0, 0.1) is 0 Å². The lowest BCUT2D eigenvalue weighted by atomic mass is 10.3. The predicted octanol–water partition coefficient (Wildman–Crippen LogP) is -0.750. The Balaban J connectivity index is 2.56. The molecule has 0 aromatic rings. The minimum absolute atomic E-state index is 0.169. The Morgan fingerprint density at radius 1 is 1.92 bits per heavy atom. The molecule has 0 fully saturated rings. The topological polar surface area (TPSA) is 93.8 Å². The fourth-order valence-corrected chi connectivity index (χ4v) is 1.07. The fraction of sp³-hybridized carbons (Fsp3) is 0.571. The second-order valence-corrected chi connectivity index (χ2v) is 2.62. The van der Waals surface area contributed by atoms with Crippen LogP contribution in [0.2, 0.25) is 0 Å². The third kappa shape index (κ3) is 2.41. The summed E-state index contributed by atoms with van der Waals surface area (Å²) in [7, 11) is 0. The average Bonchev–Trinajstić information content (AvgIpc) is 2.46. The summed E-state index contributed by atoms with van der Waals surface area (Å²) in [4.78, 5) is 10.7. The van der Waals surface area contributed by atoms with Gasteiger partial charge in [-0.3, -0.25) is 5.43 Å². The van der Waals surface area contributed by atoms with Gasteiger partial charge >= 0.3 is 6.09 Å². The van der Waals surface area contributed by atoms with Crippen LogP contribution in [0.25, 0.3) is 0 Å². The molecule has 13 heavy (non-hydrogen) atoms. The Morgan fingerprint density at radius 2 is 2.62 bits per heavy atom. The number of aliphatic hydroxyl groups excluding tert-OH is 1. The molecule has 0 aromatic carbocycles. The minimum Gasteiger partial charge on any atom is -0.411 e. The summed E-state index contributed by atoms with van der Waals surface area (Å²) in [5.74, 6) is 5.11. The Bertz CT molecular complexity index is 229. The number of hydrogen-bond donors (Lipinski definition) is 3. The van der Waals surface area contributed by atoms with Crippen molar-refractivity contribution in [1.82, 2.24) is 5.43 Å². The molecule has 6 nitrogen and oxygen atoms in total. The molecular formula is C7H12N2O4. The second kappa shape index (κ2) is 4.22. The summed E-state index contributed by atoms with van der Waals surface area (Å²) in [5, 5.41) is 8.83. The van der Waals surface area contributed by atoms with E-state index in [1.165, 1.54) is 0 Å². The highest BCUT2D eigenvalue weighted by molar-refractivity contribution is 5.67. The van der Waals surface area contributed by atoms with Gasteiger partial charge in [-0.05, 0) is 13.0 Å². The number of rotatable bonds is 2. The molecule has 1 heterocycles. The molecule has 0 unspecified atom stereocenters. The van der Waals surface area contributed by atoms with Crippen molar-refractivity contribution < 1.29 is 19.4 Å². The van der Waals surface area contributed by atoms with Gasteiger partial charge in [0.15, 0.2) is 0 Å². The van der Waals surface area contributed by atoms with Crippen molar-refractivity contribution in [3.63, 3.8) is 0 Å². The van der Waals surface area contributed by atoms with Crippen molar-refractivity contribution in [2.75, 3.05) is 6.61 Å². The largest absolute Gasteiger partial charge is 0.426 e. The molecule has 0 saturated carbocycles. The first-order chi connectivity index (χ1) is 6.17. The van der Waals surface area contributed by atoms with Crippen molar-refractivity contribution >= 4 is 6.09 Å². The van der Waals surface area contributed by atoms with Gasteiger partial charge in [0.05, 0.1) is 12.7 Å². The van der Waals surface area contributed by atoms with E-state index in [-0.39, 0.29) is 18.5 Å². The van der Waals surface area contributed by atoms with E-state index in [0.29, 0.717) is 0 Å². The smallest absolute Gasteiger partial charge is 0.411 e. The Hall–Kier alpha value is -1.11. The highest BCUT2D eigenvalue weighted by Crippen LogP contribution is 2.20. The number of carbonyl (C=O) groups is 1. The molecule has 1 aliphatic heterocycles. The van der Waals surface area contributed by atoms with E-state index in [9.17, 15) is 4.79 Å². The van der Waals surface area contributed by atoms with E-state index in [1.54, 1.807) is 13.0 Å². The maximum Gasteiger partial charge on any atom is 0.426 e. The van der Waals surface area contributed by atoms with Crippen LogP contribution < -0.4 is 11.3 Å². The van der Waals surface area contributed by atoms with Crippen LogP contribution in [-0.4, -0.2) is 30.0 Å². The number of ether oxygens (including phenoxy) is 2. The number of amides is 1. The number of hydrazine groups is 1. The molecule has 0 spiro atoms. The molecule has 1 aliphatic rings. The molecule has 4 N–H and O–H groups in total. The van der Waals surface area contributed by atoms with Gasteiger partial charge < -0.3 is 14.6 Å². The highest BCUT2D eigenvalue weighted by atomic mass is 16.6. The molecule has 0 bridgehead atoms. The van der Waals surface area contributed by atoms with Crippen molar-refractivity contribution in [2.24, 2.45) is 5.84 Å². The number of carbonyl (C=O) groups excluding carboxylic acids is 1. The van der Waals surface area contributed by atoms with Crippen LogP contribution >= 0.6 is 0 Å². The summed E-state index contributed by atoms with van der Waals surface area (Å²) in [6, 6.07) is 0. The number of aliphatic hydroxyl groups is 1. The van der Waals surface area contributed by atoms with Crippen LogP contribution in [0.15, 0.2) is 11.8 Å². The normalized spacial score (nSPS) is 26.8. The quantitative estimate of drug-likeness (QED) is 0.301. The first kappa shape index (κ1) is 9.97. The SMILES string of the molecule is C[C@H]1C=C(OC(=O)NN)[C@@H](CO)O1. The summed E-state index contributed by atoms with van der Waals surface area (Å²) in [6.45, 7) is 1.55. The standard InChI is InChI=1S/C7H12N2O4/c1-4-2-5(6(3-10)12-4)13-7(11)9-8/h2,4,6,10H,3,8H2,1H3,(H,9,11)/t4-,6+/m0/s1. The van der Waals surface area contributed by atoms with E-state index in [2.05, 4.69) is 0 Å². The van der Waals surface area contributed by atoms with Gasteiger partial charge in [0.2, 0.25) is 0 Å². The number of hydrogen-bond acceptors (Lipinski definition) is 5. The first-order valence-corrected chi connectivity index (χ1v) is 3.83. The van der Waals surface area contributed by atoms with Gasteiger partial charge in [-0.25, -0.2) is 10.6 Å². The molecule has 0 radical (unpaired) electrons. The summed E-state index contributed by atoms with van der Waals surface area (Å²) in [5.41, 5.74) is 1.81. The molecule has 0 aromatic heterocycles. The third-order valence-corrected chi connectivity index (χ3v) is 1.59. The zero-order valence-electron chi connectivity index (χ0n) is 7.19. The highest BCUT2D eigenvalue weighted by Gasteiger charge is 2.27. The van der Waals surface area contributed by atoms with Crippen LogP contribution in [0.1, 0.15) is 6.92 Å². The van der Waals surface area contributed by atoms with E-state index in [1.807, 2.05) is 5.43 Å². The van der Waals surface area contributed by atoms with E-state index in [0.717, 1.165) is 0 Å². The predicted molar refractivity (Wildman–Crippen MR) is 43.3 cm³/mol. The zero-order valence-corrected chi connectivity index (χ0v) is 7.19. The van der Waals surface area contributed by atoms with Gasteiger partial charge in [0.1, 0.15) is 11.9 Å². The van der Waals surface area contributed by atoms with Gasteiger partial charge in [-0.1, -0.05) is 0 Å². The van der Waals surface area contributed by atoms with E-state index in [4.69, 9.17) is 20.4 Å². The first-order valence-electron chi connectivity index (χ1n) is 3.83. The Labute approximate surface area is 75.3 Å². The van der Waals surface area contributed by atoms with Crippen LogP contribution in [-0.2, 0) is 9.47 Å². The molecule has 0 saturated heterocycles. The maximum atomic E-state index is 10.7. The fourth-order valence-electron chi connectivity index (χ4n) is 1.07. The molecule has 0 aliphatic carbocycles. The number of nitrogens with two attached hydrogens (primary N) is 1. The van der Waals surface area contributed by atoms with Crippen LogP contribution in [0.4, 0.5) is 4.79 Å². The molecule has 1 rings (SSSR count). The van der Waals surface area contributed by atoms with Crippen molar-refractivity contribution in [2.45, 2.75) is 19.1 Å². The Morgan fingerprint density at radius 3 is 3.15 bits per heavy atom. The third-order valence-electron chi connectivity index (χ3n) is 1.59. The average molecular weight is 188 g/mol. The van der Waals surface area contributed by atoms with Gasteiger partial charge in [0.25, 0.3) is 0 Å². The second-order valence-electron chi connectivity index (χ2n) is 2.62. The lowest BCUT2D eigenvalue weighted by molar-refractivity contribution is 0.0109. The summed E-state index contributed by atoms with van der Waals surface area (Å²) >= 11 is 0. The lowest BCUT2D eigenvalue weighted by Gasteiger charge is -2.11. The van der Waals surface area contributed by atoms with Crippen molar-refractivity contribution in [3.8, 4) is 0 Å². The monoisotopic (exact) mass is 188 g/mol. The van der Waals surface area contributed by atoms with E-state index < -0.39 is 12.2 Å². The molecule has 6 heteroatoms. The van der Waals surface area contributed by atoms with Crippen molar-refractivity contribution in [3.05, 3.63) is 11.8 Å². The maximum absolute atomic E-state index is 10.7. The molecular weight excluding hydrogens is 176 g/mol. The van der Waals surface area contributed by atoms with Gasteiger partial charge in [-0.2, -0.15) is 0 Å². The zero-order chi connectivity index (χ0) is 9.84. The van der Waals surface area contributed by atoms with Gasteiger partial charge in [0, 0.05) is 0 Å². The van der Waals surface area contributed by atoms with E-state index >= 15 is 0 Å². The van der Waals surface area contributed by atoms with Crippen LogP contribution in [0.3, 0.4) is 0 Å².